The predicted octanol–water partition coefficient (Wildman–Crippen LogP) is 2.45. The predicted molar refractivity (Wildman–Crippen MR) is 56.0 cm³/mol. The van der Waals surface area contributed by atoms with Gasteiger partial charge in [-0.1, -0.05) is 12.1 Å². The standard InChI is InChI=1S/C8H10Cl2OSi/c1-11-7-3-5-8(6-4-7)12(2,9)10/h3-6H,1-2H3. The Hall–Kier alpha value is -0.183. The first kappa shape index (κ1) is 9.90. The van der Waals surface area contributed by atoms with Gasteiger partial charge in [0.25, 0.3) is 6.69 Å². The molecule has 4 heteroatoms. The van der Waals surface area contributed by atoms with Crippen molar-refractivity contribution in [1.82, 2.24) is 0 Å². The second-order valence-electron chi connectivity index (χ2n) is 2.62. The summed E-state index contributed by atoms with van der Waals surface area (Å²) in [5.41, 5.74) is 0. The van der Waals surface area contributed by atoms with E-state index in [0.29, 0.717) is 0 Å². The molecule has 0 aromatic heterocycles. The molecule has 12 heavy (non-hydrogen) atoms. The summed E-state index contributed by atoms with van der Waals surface area (Å²) in [6.45, 7) is -0.307. The minimum absolute atomic E-state index is 0.824. The summed E-state index contributed by atoms with van der Waals surface area (Å²) in [5, 5.41) is 1.01. The Bertz CT molecular complexity index is 253. The molecular weight excluding hydrogens is 211 g/mol. The molecule has 1 rings (SSSR count). The van der Waals surface area contributed by atoms with E-state index in [0.717, 1.165) is 10.9 Å². The van der Waals surface area contributed by atoms with Crippen molar-refractivity contribution in [2.45, 2.75) is 6.55 Å². The molecule has 1 aromatic carbocycles. The molecule has 0 aliphatic rings. The Morgan fingerprint density at radius 2 is 1.67 bits per heavy atom. The topological polar surface area (TPSA) is 9.23 Å². The Kier molecular flexibility index (Phi) is 3.04. The zero-order valence-electron chi connectivity index (χ0n) is 6.97. The van der Waals surface area contributed by atoms with Crippen LogP contribution in [0.2, 0.25) is 6.55 Å². The smallest absolute Gasteiger partial charge is 0.277 e. The summed E-state index contributed by atoms with van der Waals surface area (Å²) < 4.78 is 5.01. The first-order chi connectivity index (χ1) is 5.54. The molecule has 0 atom stereocenters. The number of methoxy groups -OCH3 is 1. The molecule has 0 N–H and O–H groups in total. The lowest BCUT2D eigenvalue weighted by Crippen LogP contribution is -2.32. The quantitative estimate of drug-likeness (QED) is 0.550. The summed E-state index contributed by atoms with van der Waals surface area (Å²) in [6, 6.07) is 7.55. The van der Waals surface area contributed by atoms with Crippen LogP contribution in [0.5, 0.6) is 5.75 Å². The monoisotopic (exact) mass is 220 g/mol. The maximum atomic E-state index is 6.02. The average molecular weight is 221 g/mol. The summed E-state index contributed by atoms with van der Waals surface area (Å²) in [7, 11) is 1.63. The molecule has 0 spiro atoms. The molecule has 1 aromatic rings. The van der Waals surface area contributed by atoms with E-state index >= 15 is 0 Å². The average Bonchev–Trinajstić information content (AvgIpc) is 2.03. The second kappa shape index (κ2) is 3.69. The van der Waals surface area contributed by atoms with Gasteiger partial charge in [0.05, 0.1) is 7.11 Å². The number of rotatable bonds is 2. The van der Waals surface area contributed by atoms with Crippen LogP contribution in [0.1, 0.15) is 0 Å². The van der Waals surface area contributed by atoms with Gasteiger partial charge in [-0.25, -0.2) is 0 Å². The third-order valence-electron chi connectivity index (χ3n) is 1.60. The summed E-state index contributed by atoms with van der Waals surface area (Å²) >= 11 is 12.0. The fraction of sp³-hybridized carbons (Fsp3) is 0.250. The van der Waals surface area contributed by atoms with Crippen LogP contribution in [0.3, 0.4) is 0 Å². The maximum Gasteiger partial charge on any atom is 0.277 e. The third kappa shape index (κ3) is 2.40. The van der Waals surface area contributed by atoms with Crippen molar-refractivity contribution in [3.63, 3.8) is 0 Å². The van der Waals surface area contributed by atoms with Crippen LogP contribution in [0.4, 0.5) is 0 Å². The fourth-order valence-corrected chi connectivity index (χ4v) is 2.39. The van der Waals surface area contributed by atoms with Gasteiger partial charge < -0.3 is 4.74 Å². The molecule has 0 bridgehead atoms. The normalized spacial score (nSPS) is 11.3. The number of hydrogen-bond donors (Lipinski definition) is 0. The highest BCUT2D eigenvalue weighted by atomic mass is 35.7. The van der Waals surface area contributed by atoms with Crippen molar-refractivity contribution in [2.24, 2.45) is 0 Å². The number of halogens is 2. The Labute approximate surface area is 82.7 Å². The van der Waals surface area contributed by atoms with E-state index < -0.39 is 6.69 Å². The zero-order chi connectivity index (χ0) is 9.19. The van der Waals surface area contributed by atoms with Gasteiger partial charge >= 0.3 is 0 Å². The molecule has 0 heterocycles. The summed E-state index contributed by atoms with van der Waals surface area (Å²) in [6.07, 6.45) is 0. The minimum atomic E-state index is -2.18. The molecule has 0 radical (unpaired) electrons. The Balaban J connectivity index is 2.93. The van der Waals surface area contributed by atoms with Gasteiger partial charge in [-0.3, -0.25) is 0 Å². The van der Waals surface area contributed by atoms with E-state index in [9.17, 15) is 0 Å². The van der Waals surface area contributed by atoms with Crippen LogP contribution in [0.25, 0.3) is 0 Å². The number of hydrogen-bond acceptors (Lipinski definition) is 1. The molecular formula is C8H10Cl2OSi. The lowest BCUT2D eigenvalue weighted by atomic mass is 10.3. The zero-order valence-corrected chi connectivity index (χ0v) is 9.49. The van der Waals surface area contributed by atoms with Crippen molar-refractivity contribution >= 4 is 34.0 Å². The van der Waals surface area contributed by atoms with Crippen molar-refractivity contribution in [3.05, 3.63) is 24.3 Å². The van der Waals surface area contributed by atoms with Gasteiger partial charge in [0, 0.05) is 0 Å². The van der Waals surface area contributed by atoms with E-state index in [1.807, 2.05) is 30.8 Å². The fourth-order valence-electron chi connectivity index (χ4n) is 0.884. The van der Waals surface area contributed by atoms with Crippen LogP contribution in [0.15, 0.2) is 24.3 Å². The van der Waals surface area contributed by atoms with Gasteiger partial charge in [-0.05, 0) is 23.9 Å². The van der Waals surface area contributed by atoms with Crippen molar-refractivity contribution in [2.75, 3.05) is 7.11 Å². The van der Waals surface area contributed by atoms with Crippen LogP contribution >= 0.6 is 22.2 Å². The number of ether oxygens (including phenoxy) is 1. The molecule has 66 valence electrons. The van der Waals surface area contributed by atoms with Crippen LogP contribution in [0, 0.1) is 0 Å². The first-order valence-electron chi connectivity index (χ1n) is 3.56. The van der Waals surface area contributed by atoms with E-state index in [1.54, 1.807) is 7.11 Å². The van der Waals surface area contributed by atoms with Gasteiger partial charge in [-0.15, -0.1) is 22.2 Å². The van der Waals surface area contributed by atoms with Crippen LogP contribution in [-0.2, 0) is 0 Å². The number of benzene rings is 1. The molecule has 1 nitrogen and oxygen atoms in total. The molecule has 0 amide bonds. The highest BCUT2D eigenvalue weighted by molar-refractivity contribution is 7.50. The van der Waals surface area contributed by atoms with Gasteiger partial charge in [0.1, 0.15) is 5.75 Å². The molecule has 0 aliphatic carbocycles. The highest BCUT2D eigenvalue weighted by Gasteiger charge is 2.23. The summed E-state index contributed by atoms with van der Waals surface area (Å²) in [4.78, 5) is 0. The third-order valence-corrected chi connectivity index (χ3v) is 4.25. The largest absolute Gasteiger partial charge is 0.497 e. The SMILES string of the molecule is COc1ccc([Si](C)(Cl)Cl)cc1. The Morgan fingerprint density at radius 1 is 1.17 bits per heavy atom. The molecule has 0 saturated heterocycles. The van der Waals surface area contributed by atoms with E-state index in [-0.39, 0.29) is 0 Å². The highest BCUT2D eigenvalue weighted by Crippen LogP contribution is 2.16. The van der Waals surface area contributed by atoms with Crippen molar-refractivity contribution < 1.29 is 4.74 Å². The maximum absolute atomic E-state index is 6.02. The van der Waals surface area contributed by atoms with Crippen LogP contribution in [-0.4, -0.2) is 13.8 Å². The Morgan fingerprint density at radius 3 is 2.00 bits per heavy atom. The lowest BCUT2D eigenvalue weighted by molar-refractivity contribution is 0.415. The molecule has 0 aliphatic heterocycles. The lowest BCUT2D eigenvalue weighted by Gasteiger charge is -2.10. The van der Waals surface area contributed by atoms with Crippen molar-refractivity contribution in [1.29, 1.82) is 0 Å². The van der Waals surface area contributed by atoms with Crippen molar-refractivity contribution in [3.8, 4) is 5.75 Å². The second-order valence-corrected chi connectivity index (χ2v) is 10.1. The molecule has 0 unspecified atom stereocenters. The first-order valence-corrected chi connectivity index (χ1v) is 8.09. The molecule has 0 saturated carbocycles. The van der Waals surface area contributed by atoms with Crippen LogP contribution < -0.4 is 9.92 Å². The summed E-state index contributed by atoms with van der Waals surface area (Å²) in [5.74, 6) is 0.824. The van der Waals surface area contributed by atoms with E-state index in [4.69, 9.17) is 26.9 Å². The minimum Gasteiger partial charge on any atom is -0.497 e. The van der Waals surface area contributed by atoms with E-state index in [2.05, 4.69) is 0 Å². The van der Waals surface area contributed by atoms with E-state index in [1.165, 1.54) is 0 Å². The van der Waals surface area contributed by atoms with Gasteiger partial charge in [0.15, 0.2) is 0 Å². The van der Waals surface area contributed by atoms with Gasteiger partial charge in [-0.2, -0.15) is 0 Å². The van der Waals surface area contributed by atoms with Gasteiger partial charge in [0.2, 0.25) is 0 Å². The molecule has 0 fully saturated rings.